The van der Waals surface area contributed by atoms with Gasteiger partial charge < -0.3 is 25.5 Å². The minimum absolute atomic E-state index is 0.00462. The number of anilines is 1. The molecular weight excluding hydrogens is 489 g/mol. The number of carbonyl (C=O) groups excluding carboxylic acids is 1. The molecule has 4 rings (SSSR count). The first-order chi connectivity index (χ1) is 17.6. The molecule has 0 spiro atoms. The van der Waals surface area contributed by atoms with E-state index in [0.29, 0.717) is 22.5 Å². The van der Waals surface area contributed by atoms with Crippen LogP contribution in [0.5, 0.6) is 5.75 Å². The van der Waals surface area contributed by atoms with Crippen molar-refractivity contribution in [3.63, 3.8) is 0 Å². The van der Waals surface area contributed by atoms with Gasteiger partial charge >= 0.3 is 6.18 Å². The van der Waals surface area contributed by atoms with Gasteiger partial charge in [-0.1, -0.05) is 6.07 Å². The maximum Gasteiger partial charge on any atom is 0.433 e. The summed E-state index contributed by atoms with van der Waals surface area (Å²) < 4.78 is 51.5. The van der Waals surface area contributed by atoms with Gasteiger partial charge in [0.05, 0.1) is 24.9 Å². The van der Waals surface area contributed by atoms with Crippen molar-refractivity contribution in [1.82, 2.24) is 20.3 Å². The average Bonchev–Trinajstić information content (AvgIpc) is 3.31. The molecule has 12 heteroatoms. The molecule has 1 aromatic carbocycles. The zero-order valence-corrected chi connectivity index (χ0v) is 20.3. The van der Waals surface area contributed by atoms with Crippen LogP contribution >= 0.6 is 0 Å². The summed E-state index contributed by atoms with van der Waals surface area (Å²) in [6.07, 6.45) is -4.93. The number of hydrogen-bond donors (Lipinski definition) is 3. The van der Waals surface area contributed by atoms with Gasteiger partial charge in [0, 0.05) is 18.0 Å². The first kappa shape index (κ1) is 25.9. The number of halogens is 3. The van der Waals surface area contributed by atoms with E-state index in [1.807, 2.05) is 0 Å². The smallest absolute Gasteiger partial charge is 0.433 e. The maximum absolute atomic E-state index is 13.4. The van der Waals surface area contributed by atoms with Gasteiger partial charge in [-0.05, 0) is 50.2 Å². The maximum atomic E-state index is 13.4. The Hall–Kier alpha value is -4.19. The number of benzene rings is 1. The van der Waals surface area contributed by atoms with Gasteiger partial charge in [-0.25, -0.2) is 15.0 Å². The van der Waals surface area contributed by atoms with Crippen molar-refractivity contribution in [2.45, 2.75) is 39.2 Å². The van der Waals surface area contributed by atoms with Crippen molar-refractivity contribution in [3.8, 4) is 17.2 Å². The van der Waals surface area contributed by atoms with Crippen LogP contribution in [-0.2, 0) is 19.3 Å². The van der Waals surface area contributed by atoms with Crippen LogP contribution in [-0.4, -0.2) is 34.0 Å². The lowest BCUT2D eigenvalue weighted by Crippen LogP contribution is -2.25. The predicted molar refractivity (Wildman–Crippen MR) is 131 cm³/mol. The molecule has 0 fully saturated rings. The number of nitrogens with one attached hydrogen (secondary N) is 2. The van der Waals surface area contributed by atoms with E-state index >= 15 is 0 Å². The van der Waals surface area contributed by atoms with E-state index < -0.39 is 17.8 Å². The second kappa shape index (κ2) is 10.4. The Morgan fingerprint density at radius 3 is 2.57 bits per heavy atom. The molecule has 0 aliphatic carbocycles. The summed E-state index contributed by atoms with van der Waals surface area (Å²) in [6.45, 7) is 3.52. The number of amides is 1. The largest absolute Gasteiger partial charge is 0.489 e. The molecular formula is C25H25F3N6O3. The molecule has 0 aliphatic heterocycles. The van der Waals surface area contributed by atoms with E-state index in [9.17, 15) is 18.0 Å². The molecule has 0 atom stereocenters. The van der Waals surface area contributed by atoms with Gasteiger partial charge in [0.25, 0.3) is 5.91 Å². The number of ether oxygens (including phenoxy) is 1. The third kappa shape index (κ3) is 5.64. The van der Waals surface area contributed by atoms with Crippen molar-refractivity contribution in [1.29, 1.82) is 0 Å². The molecule has 194 valence electrons. The quantitative estimate of drug-likeness (QED) is 0.313. The molecule has 0 saturated carbocycles. The van der Waals surface area contributed by atoms with Gasteiger partial charge in [-0.15, -0.1) is 0 Å². The Balaban J connectivity index is 1.71. The van der Waals surface area contributed by atoms with Crippen LogP contribution in [0.4, 0.5) is 19.0 Å². The first-order valence-corrected chi connectivity index (χ1v) is 11.4. The second-order valence-corrected chi connectivity index (χ2v) is 8.31. The topological polar surface area (TPSA) is 128 Å². The highest BCUT2D eigenvalue weighted by atomic mass is 19.4. The molecule has 9 nitrogen and oxygen atoms in total. The van der Waals surface area contributed by atoms with Crippen LogP contribution in [0.3, 0.4) is 0 Å². The molecule has 0 aliphatic rings. The van der Waals surface area contributed by atoms with Crippen molar-refractivity contribution in [3.05, 3.63) is 65.3 Å². The highest BCUT2D eigenvalue weighted by molar-refractivity contribution is 5.98. The average molecular weight is 515 g/mol. The number of nitrogens with two attached hydrogens (primary N) is 1. The molecule has 3 aromatic heterocycles. The van der Waals surface area contributed by atoms with E-state index in [2.05, 4.69) is 25.6 Å². The number of rotatable bonds is 8. The van der Waals surface area contributed by atoms with Crippen LogP contribution in [0.2, 0.25) is 0 Å². The van der Waals surface area contributed by atoms with Gasteiger partial charge in [-0.3, -0.25) is 4.79 Å². The number of nitrogens with zero attached hydrogens (tertiary/aromatic N) is 3. The summed E-state index contributed by atoms with van der Waals surface area (Å²) in [5.41, 5.74) is 5.66. The Morgan fingerprint density at radius 2 is 1.89 bits per heavy atom. The van der Waals surface area contributed by atoms with Gasteiger partial charge in [0.2, 0.25) is 5.89 Å². The fourth-order valence-corrected chi connectivity index (χ4v) is 3.64. The standard InChI is InChI=1S/C25H25F3N6O3/c1-13(2)36-17-9-7-16(15-8-10-19(25(26,27)28)33-21(15)17)24-34-22(18(11-29)37-24)23(35)31-12-14-5-4-6-20(30-3)32-14/h4-10,13H,11-12,29H2,1-3H3,(H,30,32)(H,31,35). The van der Waals surface area contributed by atoms with E-state index in [1.54, 1.807) is 45.2 Å². The SMILES string of the molecule is CNc1cccc(CNC(=O)c2nc(-c3ccc(OC(C)C)c4nc(C(F)(F)F)ccc34)oc2CN)n1. The predicted octanol–water partition coefficient (Wildman–Crippen LogP) is 4.52. The lowest BCUT2D eigenvalue weighted by molar-refractivity contribution is -0.140. The van der Waals surface area contributed by atoms with Gasteiger partial charge in [0.1, 0.15) is 22.8 Å². The van der Waals surface area contributed by atoms with Gasteiger partial charge in [0.15, 0.2) is 11.5 Å². The van der Waals surface area contributed by atoms with Crippen LogP contribution in [0.25, 0.3) is 22.4 Å². The fourth-order valence-electron chi connectivity index (χ4n) is 3.64. The fraction of sp³-hybridized carbons (Fsp3) is 0.280. The Labute approximate surface area is 210 Å². The minimum atomic E-state index is -4.64. The molecule has 0 unspecified atom stereocenters. The van der Waals surface area contributed by atoms with Crippen molar-refractivity contribution in [2.24, 2.45) is 5.73 Å². The van der Waals surface area contributed by atoms with Crippen LogP contribution in [0.1, 0.15) is 41.5 Å². The molecule has 0 saturated heterocycles. The third-order valence-corrected chi connectivity index (χ3v) is 5.29. The molecule has 4 aromatic rings. The summed E-state index contributed by atoms with van der Waals surface area (Å²) in [7, 11) is 1.74. The van der Waals surface area contributed by atoms with E-state index in [-0.39, 0.29) is 47.8 Å². The lowest BCUT2D eigenvalue weighted by atomic mass is 10.1. The van der Waals surface area contributed by atoms with Crippen LogP contribution in [0, 0.1) is 0 Å². The summed E-state index contributed by atoms with van der Waals surface area (Å²) >= 11 is 0. The molecule has 3 heterocycles. The Bertz CT molecular complexity index is 1440. The Morgan fingerprint density at radius 1 is 1.11 bits per heavy atom. The number of oxazole rings is 1. The Kier molecular flexibility index (Phi) is 7.30. The third-order valence-electron chi connectivity index (χ3n) is 5.29. The second-order valence-electron chi connectivity index (χ2n) is 8.31. The lowest BCUT2D eigenvalue weighted by Gasteiger charge is -2.14. The number of alkyl halides is 3. The monoisotopic (exact) mass is 514 g/mol. The van der Waals surface area contributed by atoms with Crippen molar-refractivity contribution in [2.75, 3.05) is 12.4 Å². The summed E-state index contributed by atoms with van der Waals surface area (Å²) in [6, 6.07) is 10.6. The summed E-state index contributed by atoms with van der Waals surface area (Å²) in [4.78, 5) is 25.4. The zero-order chi connectivity index (χ0) is 26.7. The van der Waals surface area contributed by atoms with E-state index in [0.717, 1.165) is 6.07 Å². The van der Waals surface area contributed by atoms with Crippen LogP contribution in [0.15, 0.2) is 46.9 Å². The summed E-state index contributed by atoms with van der Waals surface area (Å²) in [5, 5.41) is 5.97. The van der Waals surface area contributed by atoms with E-state index in [4.69, 9.17) is 14.9 Å². The number of pyridine rings is 2. The van der Waals surface area contributed by atoms with Gasteiger partial charge in [-0.2, -0.15) is 13.2 Å². The molecule has 0 radical (unpaired) electrons. The normalized spacial score (nSPS) is 11.7. The molecule has 1 amide bonds. The molecule has 37 heavy (non-hydrogen) atoms. The van der Waals surface area contributed by atoms with Crippen molar-refractivity contribution >= 4 is 22.6 Å². The summed E-state index contributed by atoms with van der Waals surface area (Å²) in [5.74, 6) is 0.439. The number of carbonyl (C=O) groups is 1. The first-order valence-electron chi connectivity index (χ1n) is 11.4. The van der Waals surface area contributed by atoms with Crippen molar-refractivity contribution < 1.29 is 27.1 Å². The highest BCUT2D eigenvalue weighted by Crippen LogP contribution is 2.37. The van der Waals surface area contributed by atoms with Crippen LogP contribution < -0.4 is 21.1 Å². The molecule has 0 bridgehead atoms. The highest BCUT2D eigenvalue weighted by Gasteiger charge is 2.33. The number of hydrogen-bond acceptors (Lipinski definition) is 8. The number of fused-ring (bicyclic) bond motifs is 1. The molecule has 4 N–H and O–H groups in total. The minimum Gasteiger partial charge on any atom is -0.489 e. The van der Waals surface area contributed by atoms with E-state index in [1.165, 1.54) is 12.1 Å². The number of aromatic nitrogens is 3. The zero-order valence-electron chi connectivity index (χ0n) is 20.3.